The van der Waals surface area contributed by atoms with E-state index in [0.717, 1.165) is 24.0 Å². The lowest BCUT2D eigenvalue weighted by Gasteiger charge is -2.15. The maximum absolute atomic E-state index is 12.2. The molecule has 0 aliphatic rings. The number of benzene rings is 2. The van der Waals surface area contributed by atoms with E-state index in [1.807, 2.05) is 31.2 Å². The van der Waals surface area contributed by atoms with Crippen molar-refractivity contribution in [3.05, 3.63) is 52.5 Å². The molecule has 1 amide bonds. The normalized spacial score (nSPS) is 11.6. The number of nitrogens with one attached hydrogen (secondary N) is 1. The predicted octanol–water partition coefficient (Wildman–Crippen LogP) is 4.18. The van der Waals surface area contributed by atoms with Crippen molar-refractivity contribution in [2.75, 3.05) is 20.8 Å². The van der Waals surface area contributed by atoms with Crippen LogP contribution >= 0.6 is 11.6 Å². The van der Waals surface area contributed by atoms with Gasteiger partial charge in [-0.3, -0.25) is 4.79 Å². The second kappa shape index (κ2) is 10.1. The first-order chi connectivity index (χ1) is 12.9. The molecule has 2 rings (SSSR count). The van der Waals surface area contributed by atoms with Crippen molar-refractivity contribution in [1.82, 2.24) is 5.32 Å². The van der Waals surface area contributed by atoms with E-state index in [2.05, 4.69) is 5.32 Å². The van der Waals surface area contributed by atoms with Gasteiger partial charge in [0.15, 0.2) is 17.6 Å². The molecule has 5 nitrogen and oxygen atoms in total. The number of carbonyl (C=O) groups is 1. The molecule has 6 heteroatoms. The Hall–Kier alpha value is -2.40. The summed E-state index contributed by atoms with van der Waals surface area (Å²) in [6.07, 6.45) is 1.06. The lowest BCUT2D eigenvalue weighted by atomic mass is 10.1. The highest BCUT2D eigenvalue weighted by Gasteiger charge is 2.14. The van der Waals surface area contributed by atoms with Crippen molar-refractivity contribution in [2.45, 2.75) is 32.8 Å². The molecule has 0 fully saturated rings. The molecule has 0 aromatic heterocycles. The Morgan fingerprint density at radius 3 is 2.52 bits per heavy atom. The summed E-state index contributed by atoms with van der Waals surface area (Å²) in [5.41, 5.74) is 2.04. The van der Waals surface area contributed by atoms with Gasteiger partial charge >= 0.3 is 0 Å². The standard InChI is InChI=1S/C21H26ClNO4/c1-14-12-17(8-9-18(14)22)27-15(2)21(24)23-11-5-6-16-7-10-19(25-3)20(13-16)26-4/h7-10,12-13,15H,5-6,11H2,1-4H3,(H,23,24). The van der Waals surface area contributed by atoms with Gasteiger partial charge in [0.1, 0.15) is 5.75 Å². The second-order valence-corrected chi connectivity index (χ2v) is 6.66. The third kappa shape index (κ3) is 6.07. The van der Waals surface area contributed by atoms with Gasteiger partial charge in [0.2, 0.25) is 0 Å². The highest BCUT2D eigenvalue weighted by atomic mass is 35.5. The molecular weight excluding hydrogens is 366 g/mol. The van der Waals surface area contributed by atoms with E-state index >= 15 is 0 Å². The van der Waals surface area contributed by atoms with Gasteiger partial charge < -0.3 is 19.5 Å². The molecule has 0 heterocycles. The van der Waals surface area contributed by atoms with Crippen LogP contribution in [0.5, 0.6) is 17.2 Å². The zero-order valence-corrected chi connectivity index (χ0v) is 16.9. The van der Waals surface area contributed by atoms with E-state index in [1.54, 1.807) is 33.3 Å². The number of hydrogen-bond donors (Lipinski definition) is 1. The third-order valence-electron chi connectivity index (χ3n) is 4.20. The number of halogens is 1. The quantitative estimate of drug-likeness (QED) is 0.651. The summed E-state index contributed by atoms with van der Waals surface area (Å²) in [6.45, 7) is 4.20. The van der Waals surface area contributed by atoms with Crippen molar-refractivity contribution in [3.63, 3.8) is 0 Å². The van der Waals surface area contributed by atoms with Crippen LogP contribution in [0.2, 0.25) is 5.02 Å². The molecule has 1 atom stereocenters. The van der Waals surface area contributed by atoms with Gasteiger partial charge in [0.05, 0.1) is 14.2 Å². The van der Waals surface area contributed by atoms with Crippen LogP contribution in [0.4, 0.5) is 0 Å². The van der Waals surface area contributed by atoms with Gasteiger partial charge in [-0.2, -0.15) is 0 Å². The molecule has 0 spiro atoms. The zero-order chi connectivity index (χ0) is 19.8. The minimum atomic E-state index is -0.577. The topological polar surface area (TPSA) is 56.8 Å². The maximum atomic E-state index is 12.2. The molecule has 2 aromatic rings. The first kappa shape index (κ1) is 20.9. The highest BCUT2D eigenvalue weighted by molar-refractivity contribution is 6.31. The fraction of sp³-hybridized carbons (Fsp3) is 0.381. The van der Waals surface area contributed by atoms with E-state index in [9.17, 15) is 4.79 Å². The largest absolute Gasteiger partial charge is 0.493 e. The van der Waals surface area contributed by atoms with Gasteiger partial charge in [-0.25, -0.2) is 0 Å². The summed E-state index contributed by atoms with van der Waals surface area (Å²) in [7, 11) is 3.23. The minimum Gasteiger partial charge on any atom is -0.493 e. The molecule has 2 aromatic carbocycles. The minimum absolute atomic E-state index is 0.144. The lowest BCUT2D eigenvalue weighted by molar-refractivity contribution is -0.127. The van der Waals surface area contributed by atoms with E-state index in [-0.39, 0.29) is 5.91 Å². The highest BCUT2D eigenvalue weighted by Crippen LogP contribution is 2.28. The molecule has 1 N–H and O–H groups in total. The van der Waals surface area contributed by atoms with Gasteiger partial charge in [-0.05, 0) is 68.1 Å². The van der Waals surface area contributed by atoms with Crippen molar-refractivity contribution in [1.29, 1.82) is 0 Å². The maximum Gasteiger partial charge on any atom is 0.260 e. The smallest absolute Gasteiger partial charge is 0.260 e. The molecule has 0 saturated carbocycles. The number of hydrogen-bond acceptors (Lipinski definition) is 4. The fourth-order valence-corrected chi connectivity index (χ4v) is 2.75. The molecule has 0 saturated heterocycles. The molecular formula is C21H26ClNO4. The molecule has 0 aliphatic carbocycles. The van der Waals surface area contributed by atoms with Crippen LogP contribution in [0.1, 0.15) is 24.5 Å². The summed E-state index contributed by atoms with van der Waals surface area (Å²) in [4.78, 5) is 12.2. The van der Waals surface area contributed by atoms with Crippen LogP contribution in [0.25, 0.3) is 0 Å². The average molecular weight is 392 g/mol. The predicted molar refractivity (Wildman–Crippen MR) is 107 cm³/mol. The fourth-order valence-electron chi connectivity index (χ4n) is 2.63. The Balaban J connectivity index is 1.77. The lowest BCUT2D eigenvalue weighted by Crippen LogP contribution is -2.36. The van der Waals surface area contributed by atoms with Crippen LogP contribution in [0, 0.1) is 6.92 Å². The second-order valence-electron chi connectivity index (χ2n) is 6.25. The monoisotopic (exact) mass is 391 g/mol. The van der Waals surface area contributed by atoms with E-state index < -0.39 is 6.10 Å². The van der Waals surface area contributed by atoms with Crippen molar-refractivity contribution < 1.29 is 19.0 Å². The zero-order valence-electron chi connectivity index (χ0n) is 16.2. The number of aryl methyl sites for hydroxylation is 2. The van der Waals surface area contributed by atoms with E-state index in [0.29, 0.717) is 28.8 Å². The third-order valence-corrected chi connectivity index (χ3v) is 4.62. The van der Waals surface area contributed by atoms with Gasteiger partial charge in [-0.15, -0.1) is 0 Å². The summed E-state index contributed by atoms with van der Waals surface area (Å²) in [6, 6.07) is 11.2. The summed E-state index contributed by atoms with van der Waals surface area (Å²) >= 11 is 6.00. The van der Waals surface area contributed by atoms with Crippen LogP contribution in [-0.2, 0) is 11.2 Å². The average Bonchev–Trinajstić information content (AvgIpc) is 2.67. The number of rotatable bonds is 9. The molecule has 146 valence electrons. The SMILES string of the molecule is COc1ccc(CCCNC(=O)C(C)Oc2ccc(Cl)c(C)c2)cc1OC. The Morgan fingerprint density at radius 2 is 1.85 bits per heavy atom. The number of carbonyl (C=O) groups excluding carboxylic acids is 1. The Kier molecular flexibility index (Phi) is 7.80. The Bertz CT molecular complexity index is 779. The Labute approximate surface area is 165 Å². The number of methoxy groups -OCH3 is 2. The number of amides is 1. The van der Waals surface area contributed by atoms with Crippen molar-refractivity contribution in [3.8, 4) is 17.2 Å². The van der Waals surface area contributed by atoms with Crippen LogP contribution in [-0.4, -0.2) is 32.8 Å². The molecule has 0 aliphatic heterocycles. The van der Waals surface area contributed by atoms with E-state index in [4.69, 9.17) is 25.8 Å². The van der Waals surface area contributed by atoms with Crippen molar-refractivity contribution in [2.24, 2.45) is 0 Å². The first-order valence-corrected chi connectivity index (χ1v) is 9.23. The summed E-state index contributed by atoms with van der Waals surface area (Å²) < 4.78 is 16.2. The Morgan fingerprint density at radius 1 is 1.11 bits per heavy atom. The van der Waals surface area contributed by atoms with Crippen LogP contribution in [0.15, 0.2) is 36.4 Å². The van der Waals surface area contributed by atoms with Gasteiger partial charge in [0, 0.05) is 11.6 Å². The van der Waals surface area contributed by atoms with Gasteiger partial charge in [-0.1, -0.05) is 17.7 Å². The number of ether oxygens (including phenoxy) is 3. The van der Waals surface area contributed by atoms with Crippen LogP contribution in [0.3, 0.4) is 0 Å². The molecule has 27 heavy (non-hydrogen) atoms. The van der Waals surface area contributed by atoms with Gasteiger partial charge in [0.25, 0.3) is 5.91 Å². The molecule has 1 unspecified atom stereocenters. The summed E-state index contributed by atoms with van der Waals surface area (Å²) in [5.74, 6) is 1.90. The summed E-state index contributed by atoms with van der Waals surface area (Å²) in [5, 5.41) is 3.58. The first-order valence-electron chi connectivity index (χ1n) is 8.86. The molecule has 0 radical (unpaired) electrons. The van der Waals surface area contributed by atoms with Crippen LogP contribution < -0.4 is 19.5 Å². The molecule has 0 bridgehead atoms. The van der Waals surface area contributed by atoms with E-state index in [1.165, 1.54) is 0 Å². The van der Waals surface area contributed by atoms with Crippen molar-refractivity contribution >= 4 is 17.5 Å².